The van der Waals surface area contributed by atoms with Gasteiger partial charge in [0.05, 0.1) is 11.6 Å². The fourth-order valence-corrected chi connectivity index (χ4v) is 3.37. The van der Waals surface area contributed by atoms with Gasteiger partial charge in [0, 0.05) is 43.7 Å². The van der Waals surface area contributed by atoms with E-state index in [9.17, 15) is 4.79 Å². The SMILES string of the molecule is CCCc1cc(N2CC[C@H](NC(=O)COC)C2)nc(Nc2cccc(C#N)c2)n1. The standard InChI is InChI=1S/C21H26N6O2/c1-3-5-16-11-19(27-9-8-18(13-27)23-20(28)14-29-2)26-21(24-16)25-17-7-4-6-15(10-17)12-22/h4,6-7,10-11,18H,3,5,8-9,13-14H2,1-2H3,(H,23,28)(H,24,25,26)/t18-/m0/s1. The first-order chi connectivity index (χ1) is 14.1. The molecule has 152 valence electrons. The molecule has 8 nitrogen and oxygen atoms in total. The van der Waals surface area contributed by atoms with Gasteiger partial charge in [-0.25, -0.2) is 4.98 Å². The highest BCUT2D eigenvalue weighted by Crippen LogP contribution is 2.23. The normalized spacial score (nSPS) is 15.8. The highest BCUT2D eigenvalue weighted by atomic mass is 16.5. The zero-order chi connectivity index (χ0) is 20.6. The summed E-state index contributed by atoms with van der Waals surface area (Å²) in [6.07, 6.45) is 2.69. The third-order valence-electron chi connectivity index (χ3n) is 4.67. The summed E-state index contributed by atoms with van der Waals surface area (Å²) in [5, 5.41) is 15.3. The van der Waals surface area contributed by atoms with E-state index in [4.69, 9.17) is 10.00 Å². The van der Waals surface area contributed by atoms with Crippen molar-refractivity contribution in [3.63, 3.8) is 0 Å². The third-order valence-corrected chi connectivity index (χ3v) is 4.67. The quantitative estimate of drug-likeness (QED) is 0.708. The minimum Gasteiger partial charge on any atom is -0.375 e. The summed E-state index contributed by atoms with van der Waals surface area (Å²) >= 11 is 0. The van der Waals surface area contributed by atoms with Gasteiger partial charge in [0.15, 0.2) is 0 Å². The predicted octanol–water partition coefficient (Wildman–Crippen LogP) is 2.39. The van der Waals surface area contributed by atoms with E-state index >= 15 is 0 Å². The number of methoxy groups -OCH3 is 1. The fourth-order valence-electron chi connectivity index (χ4n) is 3.37. The molecule has 1 aromatic heterocycles. The number of ether oxygens (including phenoxy) is 1. The van der Waals surface area contributed by atoms with Gasteiger partial charge in [0.1, 0.15) is 12.4 Å². The Morgan fingerprint density at radius 3 is 3.00 bits per heavy atom. The van der Waals surface area contributed by atoms with Crippen LogP contribution >= 0.6 is 0 Å². The molecule has 3 rings (SSSR count). The number of carbonyl (C=O) groups is 1. The molecular formula is C21H26N6O2. The number of hydrogen-bond acceptors (Lipinski definition) is 7. The van der Waals surface area contributed by atoms with Gasteiger partial charge in [0.2, 0.25) is 11.9 Å². The number of anilines is 3. The van der Waals surface area contributed by atoms with Crippen molar-refractivity contribution in [1.82, 2.24) is 15.3 Å². The van der Waals surface area contributed by atoms with Crippen molar-refractivity contribution in [2.45, 2.75) is 32.2 Å². The van der Waals surface area contributed by atoms with Crippen molar-refractivity contribution >= 4 is 23.4 Å². The van der Waals surface area contributed by atoms with Crippen LogP contribution in [0.1, 0.15) is 31.0 Å². The second-order valence-corrected chi connectivity index (χ2v) is 7.04. The number of hydrogen-bond donors (Lipinski definition) is 2. The molecule has 2 heterocycles. The number of nitriles is 1. The van der Waals surface area contributed by atoms with Crippen molar-refractivity contribution < 1.29 is 9.53 Å². The maximum Gasteiger partial charge on any atom is 0.246 e. The molecule has 0 radical (unpaired) electrons. The van der Waals surface area contributed by atoms with Crippen LogP contribution in [0.3, 0.4) is 0 Å². The van der Waals surface area contributed by atoms with Crippen LogP contribution in [0.25, 0.3) is 0 Å². The number of benzene rings is 1. The predicted molar refractivity (Wildman–Crippen MR) is 111 cm³/mol. The highest BCUT2D eigenvalue weighted by Gasteiger charge is 2.25. The van der Waals surface area contributed by atoms with Gasteiger partial charge < -0.3 is 20.3 Å². The van der Waals surface area contributed by atoms with Gasteiger partial charge in [-0.1, -0.05) is 19.4 Å². The third kappa shape index (κ3) is 5.65. The molecule has 0 aliphatic carbocycles. The second kappa shape index (κ2) is 9.85. The van der Waals surface area contributed by atoms with Crippen LogP contribution < -0.4 is 15.5 Å². The highest BCUT2D eigenvalue weighted by molar-refractivity contribution is 5.77. The first-order valence-corrected chi connectivity index (χ1v) is 9.79. The van der Waals surface area contributed by atoms with E-state index in [1.807, 2.05) is 18.2 Å². The molecular weight excluding hydrogens is 368 g/mol. The lowest BCUT2D eigenvalue weighted by Gasteiger charge is -2.20. The molecule has 1 aromatic carbocycles. The summed E-state index contributed by atoms with van der Waals surface area (Å²) in [5.41, 5.74) is 2.31. The van der Waals surface area contributed by atoms with E-state index in [0.717, 1.165) is 43.0 Å². The molecule has 1 aliphatic heterocycles. The number of nitrogens with one attached hydrogen (secondary N) is 2. The fraction of sp³-hybridized carbons (Fsp3) is 0.429. The van der Waals surface area contributed by atoms with Gasteiger partial charge in [-0.05, 0) is 31.0 Å². The summed E-state index contributed by atoms with van der Waals surface area (Å²) in [6, 6.07) is 11.5. The average molecular weight is 394 g/mol. The van der Waals surface area contributed by atoms with E-state index in [0.29, 0.717) is 18.1 Å². The first-order valence-electron chi connectivity index (χ1n) is 9.79. The van der Waals surface area contributed by atoms with E-state index in [-0.39, 0.29) is 18.6 Å². The second-order valence-electron chi connectivity index (χ2n) is 7.04. The number of aryl methyl sites for hydroxylation is 1. The summed E-state index contributed by atoms with van der Waals surface area (Å²) in [6.45, 7) is 3.69. The minimum absolute atomic E-state index is 0.0699. The number of nitrogens with zero attached hydrogens (tertiary/aromatic N) is 4. The molecule has 2 N–H and O–H groups in total. The van der Waals surface area contributed by atoms with Gasteiger partial charge in [0.25, 0.3) is 0 Å². The van der Waals surface area contributed by atoms with Crippen LogP contribution in [0.5, 0.6) is 0 Å². The Bertz CT molecular complexity index is 895. The molecule has 1 atom stereocenters. The van der Waals surface area contributed by atoms with E-state index in [2.05, 4.69) is 38.5 Å². The van der Waals surface area contributed by atoms with Crippen LogP contribution in [0.4, 0.5) is 17.5 Å². The summed E-state index contributed by atoms with van der Waals surface area (Å²) in [4.78, 5) is 23.2. The van der Waals surface area contributed by atoms with Crippen molar-refractivity contribution in [3.05, 3.63) is 41.6 Å². The van der Waals surface area contributed by atoms with Crippen molar-refractivity contribution in [3.8, 4) is 6.07 Å². The lowest BCUT2D eigenvalue weighted by Crippen LogP contribution is -2.39. The van der Waals surface area contributed by atoms with Crippen LogP contribution in [0.2, 0.25) is 0 Å². The molecule has 0 saturated carbocycles. The first kappa shape index (κ1) is 20.6. The number of rotatable bonds is 8. The van der Waals surface area contributed by atoms with Crippen LogP contribution in [-0.4, -0.2) is 48.7 Å². The number of carbonyl (C=O) groups excluding carboxylic acids is 1. The maximum atomic E-state index is 11.8. The Morgan fingerprint density at radius 1 is 1.38 bits per heavy atom. The minimum atomic E-state index is -0.103. The molecule has 1 aliphatic rings. The topological polar surface area (TPSA) is 103 Å². The van der Waals surface area contributed by atoms with Crippen LogP contribution in [0.15, 0.2) is 30.3 Å². The van der Waals surface area contributed by atoms with E-state index in [1.54, 1.807) is 12.1 Å². The van der Waals surface area contributed by atoms with E-state index in [1.165, 1.54) is 7.11 Å². The summed E-state index contributed by atoms with van der Waals surface area (Å²) in [7, 11) is 1.51. The average Bonchev–Trinajstić information content (AvgIpc) is 3.17. The smallest absolute Gasteiger partial charge is 0.246 e. The Kier molecular flexibility index (Phi) is 6.98. The van der Waals surface area contributed by atoms with Crippen molar-refractivity contribution in [1.29, 1.82) is 5.26 Å². The number of amides is 1. The Balaban J connectivity index is 1.76. The molecule has 0 unspecified atom stereocenters. The molecule has 1 fully saturated rings. The van der Waals surface area contributed by atoms with Gasteiger partial charge in [-0.3, -0.25) is 4.79 Å². The summed E-state index contributed by atoms with van der Waals surface area (Å²) < 4.78 is 4.88. The van der Waals surface area contributed by atoms with Crippen LogP contribution in [0, 0.1) is 11.3 Å². The zero-order valence-electron chi connectivity index (χ0n) is 16.8. The monoisotopic (exact) mass is 394 g/mol. The van der Waals surface area contributed by atoms with Crippen LogP contribution in [-0.2, 0) is 16.0 Å². The molecule has 0 spiro atoms. The Labute approximate surface area is 170 Å². The Morgan fingerprint density at radius 2 is 2.24 bits per heavy atom. The molecule has 1 saturated heterocycles. The lowest BCUT2D eigenvalue weighted by molar-refractivity contribution is -0.125. The molecule has 1 amide bonds. The Hall–Kier alpha value is -3.18. The van der Waals surface area contributed by atoms with Gasteiger partial charge in [-0.2, -0.15) is 10.2 Å². The lowest BCUT2D eigenvalue weighted by atomic mass is 10.2. The largest absolute Gasteiger partial charge is 0.375 e. The van der Waals surface area contributed by atoms with Gasteiger partial charge >= 0.3 is 0 Å². The molecule has 2 aromatic rings. The van der Waals surface area contributed by atoms with Gasteiger partial charge in [-0.15, -0.1) is 0 Å². The van der Waals surface area contributed by atoms with E-state index < -0.39 is 0 Å². The molecule has 29 heavy (non-hydrogen) atoms. The molecule has 8 heteroatoms. The van der Waals surface area contributed by atoms with Crippen molar-refractivity contribution in [2.24, 2.45) is 0 Å². The summed E-state index contributed by atoms with van der Waals surface area (Å²) in [5.74, 6) is 1.24. The number of aromatic nitrogens is 2. The molecule has 0 bridgehead atoms. The maximum absolute atomic E-state index is 11.8. The zero-order valence-corrected chi connectivity index (χ0v) is 16.8. The van der Waals surface area contributed by atoms with Crippen molar-refractivity contribution in [2.75, 3.05) is 37.0 Å².